The summed E-state index contributed by atoms with van der Waals surface area (Å²) in [6, 6.07) is 16.3. The molecule has 0 radical (unpaired) electrons. The number of rotatable bonds is 3. The van der Waals surface area contributed by atoms with Crippen LogP contribution in [0.3, 0.4) is 0 Å². The van der Waals surface area contributed by atoms with E-state index in [1.165, 1.54) is 5.56 Å². The van der Waals surface area contributed by atoms with Crippen LogP contribution >= 0.6 is 0 Å². The highest BCUT2D eigenvalue weighted by Crippen LogP contribution is 2.36. The predicted octanol–water partition coefficient (Wildman–Crippen LogP) is 4.57. The molecule has 4 aromatic rings. The number of aryl methyl sites for hydroxylation is 2. The molecule has 124 valence electrons. The lowest BCUT2D eigenvalue weighted by molar-refractivity contribution is 1.12. The number of nitrogen functional groups attached to an aromatic ring is 1. The van der Waals surface area contributed by atoms with E-state index in [0.29, 0.717) is 11.6 Å². The Morgan fingerprint density at radius 3 is 2.40 bits per heavy atom. The standard InChI is InChI=1S/C20H19N5/c1-12-7-3-5-9-14(12)15-11-22-20(18-17(15)19(21)25-24-18)23-16-10-6-4-8-13(16)2/h3-11H,1-2H3,(H,22,23)(H3,21,24,25). The molecule has 0 unspecified atom stereocenters. The first-order valence-electron chi connectivity index (χ1n) is 8.16. The van der Waals surface area contributed by atoms with Gasteiger partial charge >= 0.3 is 0 Å². The molecule has 5 nitrogen and oxygen atoms in total. The van der Waals surface area contributed by atoms with Crippen molar-refractivity contribution >= 4 is 28.2 Å². The van der Waals surface area contributed by atoms with Crippen molar-refractivity contribution in [2.75, 3.05) is 11.1 Å². The molecule has 2 heterocycles. The van der Waals surface area contributed by atoms with Crippen molar-refractivity contribution in [2.24, 2.45) is 0 Å². The Morgan fingerprint density at radius 1 is 0.920 bits per heavy atom. The van der Waals surface area contributed by atoms with Gasteiger partial charge in [-0.15, -0.1) is 0 Å². The van der Waals surface area contributed by atoms with Gasteiger partial charge in [0.25, 0.3) is 0 Å². The van der Waals surface area contributed by atoms with Crippen LogP contribution in [0, 0.1) is 13.8 Å². The van der Waals surface area contributed by atoms with Crippen molar-refractivity contribution in [3.63, 3.8) is 0 Å². The van der Waals surface area contributed by atoms with Crippen LogP contribution < -0.4 is 11.1 Å². The number of pyridine rings is 1. The van der Waals surface area contributed by atoms with Crippen LogP contribution in [-0.4, -0.2) is 15.2 Å². The second-order valence-corrected chi connectivity index (χ2v) is 6.13. The van der Waals surface area contributed by atoms with E-state index in [9.17, 15) is 0 Å². The zero-order chi connectivity index (χ0) is 17.4. The first-order chi connectivity index (χ1) is 12.1. The Bertz CT molecular complexity index is 1060. The molecule has 0 amide bonds. The SMILES string of the molecule is Cc1ccccc1Nc1ncc(-c2ccccc2C)c2c(N)n[nH]c12. The largest absolute Gasteiger partial charge is 0.382 e. The molecule has 2 aromatic heterocycles. The van der Waals surface area contributed by atoms with Crippen LogP contribution in [0.5, 0.6) is 0 Å². The van der Waals surface area contributed by atoms with Gasteiger partial charge in [0.05, 0.1) is 5.39 Å². The average Bonchev–Trinajstić information content (AvgIpc) is 3.01. The summed E-state index contributed by atoms with van der Waals surface area (Å²) in [5.41, 5.74) is 12.4. The van der Waals surface area contributed by atoms with Gasteiger partial charge in [0.1, 0.15) is 5.52 Å². The fraction of sp³-hybridized carbons (Fsp3) is 0.100. The van der Waals surface area contributed by atoms with Crippen molar-refractivity contribution in [3.8, 4) is 11.1 Å². The highest BCUT2D eigenvalue weighted by Gasteiger charge is 2.16. The molecule has 0 fully saturated rings. The van der Waals surface area contributed by atoms with Gasteiger partial charge in [0, 0.05) is 17.4 Å². The number of para-hydroxylation sites is 1. The number of fused-ring (bicyclic) bond motifs is 1. The molecule has 25 heavy (non-hydrogen) atoms. The molecule has 0 aliphatic carbocycles. The number of H-pyrrole nitrogens is 1. The molecule has 0 saturated heterocycles. The van der Waals surface area contributed by atoms with Crippen molar-refractivity contribution < 1.29 is 0 Å². The summed E-state index contributed by atoms with van der Waals surface area (Å²) in [6.45, 7) is 4.14. The molecule has 0 spiro atoms. The molecule has 2 aromatic carbocycles. The second kappa shape index (κ2) is 5.94. The molecule has 5 heteroatoms. The van der Waals surface area contributed by atoms with Crippen LogP contribution in [0.2, 0.25) is 0 Å². The topological polar surface area (TPSA) is 79.6 Å². The molecule has 0 atom stereocenters. The van der Waals surface area contributed by atoms with Crippen LogP contribution in [0.4, 0.5) is 17.3 Å². The molecule has 4 rings (SSSR count). The Labute approximate surface area is 145 Å². The summed E-state index contributed by atoms with van der Waals surface area (Å²) >= 11 is 0. The minimum Gasteiger partial charge on any atom is -0.382 e. The summed E-state index contributed by atoms with van der Waals surface area (Å²) in [5, 5.41) is 11.5. The fourth-order valence-corrected chi connectivity index (χ4v) is 3.07. The number of nitrogens with zero attached hydrogens (tertiary/aromatic N) is 2. The summed E-state index contributed by atoms with van der Waals surface area (Å²) in [5.74, 6) is 1.19. The molecular formula is C20H19N5. The minimum atomic E-state index is 0.475. The van der Waals surface area contributed by atoms with E-state index in [1.807, 2.05) is 36.5 Å². The summed E-state index contributed by atoms with van der Waals surface area (Å²) < 4.78 is 0. The van der Waals surface area contributed by atoms with E-state index >= 15 is 0 Å². The van der Waals surface area contributed by atoms with E-state index < -0.39 is 0 Å². The lowest BCUT2D eigenvalue weighted by atomic mass is 9.99. The molecule has 0 saturated carbocycles. The third-order valence-corrected chi connectivity index (χ3v) is 4.46. The van der Waals surface area contributed by atoms with E-state index in [4.69, 9.17) is 5.73 Å². The van der Waals surface area contributed by atoms with Crippen LogP contribution in [0.1, 0.15) is 11.1 Å². The molecule has 0 bridgehead atoms. The predicted molar refractivity (Wildman–Crippen MR) is 103 cm³/mol. The van der Waals surface area contributed by atoms with Gasteiger partial charge in [-0.25, -0.2) is 4.98 Å². The smallest absolute Gasteiger partial charge is 0.156 e. The maximum Gasteiger partial charge on any atom is 0.156 e. The number of hydrogen-bond acceptors (Lipinski definition) is 4. The number of aromatic amines is 1. The van der Waals surface area contributed by atoms with Crippen molar-refractivity contribution in [1.82, 2.24) is 15.2 Å². The molecule has 4 N–H and O–H groups in total. The Kier molecular flexibility index (Phi) is 3.61. The summed E-state index contributed by atoms with van der Waals surface area (Å²) in [7, 11) is 0. The van der Waals surface area contributed by atoms with E-state index in [-0.39, 0.29) is 0 Å². The molecule has 0 aliphatic rings. The monoisotopic (exact) mass is 329 g/mol. The minimum absolute atomic E-state index is 0.475. The average molecular weight is 329 g/mol. The van der Waals surface area contributed by atoms with Crippen LogP contribution in [0.15, 0.2) is 54.7 Å². The van der Waals surface area contributed by atoms with Gasteiger partial charge in [-0.2, -0.15) is 5.10 Å². The van der Waals surface area contributed by atoms with Gasteiger partial charge in [0.15, 0.2) is 11.6 Å². The van der Waals surface area contributed by atoms with Crippen molar-refractivity contribution in [3.05, 3.63) is 65.9 Å². The Hall–Kier alpha value is -3.34. The normalized spacial score (nSPS) is 11.0. The highest BCUT2D eigenvalue weighted by molar-refractivity contribution is 6.06. The lowest BCUT2D eigenvalue weighted by Crippen LogP contribution is -1.98. The van der Waals surface area contributed by atoms with Crippen LogP contribution in [0.25, 0.3) is 22.0 Å². The number of aromatic nitrogens is 3. The number of hydrogen-bond donors (Lipinski definition) is 3. The van der Waals surface area contributed by atoms with Gasteiger partial charge in [0.2, 0.25) is 0 Å². The lowest BCUT2D eigenvalue weighted by Gasteiger charge is -2.12. The van der Waals surface area contributed by atoms with Crippen molar-refractivity contribution in [1.29, 1.82) is 0 Å². The summed E-state index contributed by atoms with van der Waals surface area (Å²) in [4.78, 5) is 4.64. The fourth-order valence-electron chi connectivity index (χ4n) is 3.07. The first kappa shape index (κ1) is 15.2. The van der Waals surface area contributed by atoms with Gasteiger partial charge in [-0.05, 0) is 36.6 Å². The van der Waals surface area contributed by atoms with E-state index in [2.05, 4.69) is 52.5 Å². The number of nitrogens with one attached hydrogen (secondary N) is 2. The number of anilines is 3. The third kappa shape index (κ3) is 2.59. The zero-order valence-electron chi connectivity index (χ0n) is 14.2. The van der Waals surface area contributed by atoms with Crippen molar-refractivity contribution in [2.45, 2.75) is 13.8 Å². The Morgan fingerprint density at radius 2 is 1.64 bits per heavy atom. The summed E-state index contributed by atoms with van der Waals surface area (Å²) in [6.07, 6.45) is 1.86. The maximum absolute atomic E-state index is 6.16. The van der Waals surface area contributed by atoms with Gasteiger partial charge in [-0.1, -0.05) is 42.5 Å². The van der Waals surface area contributed by atoms with Gasteiger partial charge < -0.3 is 11.1 Å². The molecular weight excluding hydrogens is 310 g/mol. The Balaban J connectivity index is 1.89. The zero-order valence-corrected chi connectivity index (χ0v) is 14.2. The maximum atomic E-state index is 6.16. The quantitative estimate of drug-likeness (QED) is 0.514. The van der Waals surface area contributed by atoms with Gasteiger partial charge in [-0.3, -0.25) is 5.10 Å². The highest BCUT2D eigenvalue weighted by atomic mass is 15.2. The molecule has 0 aliphatic heterocycles. The first-order valence-corrected chi connectivity index (χ1v) is 8.16. The van der Waals surface area contributed by atoms with E-state index in [0.717, 1.165) is 33.3 Å². The number of benzene rings is 2. The number of nitrogens with two attached hydrogens (primary N) is 1. The third-order valence-electron chi connectivity index (χ3n) is 4.46. The van der Waals surface area contributed by atoms with E-state index in [1.54, 1.807) is 0 Å². The second-order valence-electron chi connectivity index (χ2n) is 6.13. The van der Waals surface area contributed by atoms with Crippen LogP contribution in [-0.2, 0) is 0 Å².